The van der Waals surface area contributed by atoms with Gasteiger partial charge in [-0.25, -0.2) is 8.42 Å². The van der Waals surface area contributed by atoms with Crippen molar-refractivity contribution in [3.8, 4) is 0 Å². The number of para-hydroxylation sites is 1. The first-order valence-corrected chi connectivity index (χ1v) is 8.73. The van der Waals surface area contributed by atoms with E-state index in [1.165, 1.54) is 4.31 Å². The van der Waals surface area contributed by atoms with Crippen LogP contribution in [-0.4, -0.2) is 20.1 Å². The van der Waals surface area contributed by atoms with E-state index in [-0.39, 0.29) is 6.54 Å². The molecule has 1 unspecified atom stereocenters. The van der Waals surface area contributed by atoms with Gasteiger partial charge in [-0.05, 0) is 37.5 Å². The van der Waals surface area contributed by atoms with Gasteiger partial charge in [-0.15, -0.1) is 0 Å². The molecule has 22 heavy (non-hydrogen) atoms. The van der Waals surface area contributed by atoms with Crippen LogP contribution >= 0.6 is 0 Å². The summed E-state index contributed by atoms with van der Waals surface area (Å²) >= 11 is 0. The van der Waals surface area contributed by atoms with Crippen molar-refractivity contribution < 1.29 is 13.5 Å². The van der Waals surface area contributed by atoms with Crippen molar-refractivity contribution in [2.75, 3.05) is 10.8 Å². The van der Waals surface area contributed by atoms with Crippen molar-refractivity contribution in [2.24, 2.45) is 0 Å². The number of aliphatic hydroxyl groups is 1. The first kappa shape index (κ1) is 15.1. The first-order chi connectivity index (χ1) is 10.4. The highest BCUT2D eigenvalue weighted by molar-refractivity contribution is 7.92. The Balaban J connectivity index is 2.19. The lowest BCUT2D eigenvalue weighted by Crippen LogP contribution is -2.37. The second-order valence-corrected chi connectivity index (χ2v) is 7.49. The molecular weight excluding hydrogens is 298 g/mol. The van der Waals surface area contributed by atoms with E-state index in [4.69, 9.17) is 0 Å². The number of sulfonamides is 1. The highest BCUT2D eigenvalue weighted by Crippen LogP contribution is 2.39. The van der Waals surface area contributed by atoms with Crippen LogP contribution in [0.1, 0.15) is 29.2 Å². The number of nitrogens with zero attached hydrogens (tertiary/aromatic N) is 1. The standard InChI is InChI=1S/C17H19NO3S/c1-12-6-3-4-9-16(12)22(20,21)18-11-10-15(19)14-8-5-7-13(2)17(14)18/h3-9,15,19H,10-11H2,1-2H3. The van der Waals surface area contributed by atoms with Crippen molar-refractivity contribution in [1.29, 1.82) is 0 Å². The van der Waals surface area contributed by atoms with Crippen LogP contribution in [0.4, 0.5) is 5.69 Å². The van der Waals surface area contributed by atoms with Gasteiger partial charge in [0.1, 0.15) is 0 Å². The molecule has 2 aromatic carbocycles. The van der Waals surface area contributed by atoms with E-state index in [1.807, 2.05) is 25.1 Å². The fourth-order valence-corrected chi connectivity index (χ4v) is 4.80. The summed E-state index contributed by atoms with van der Waals surface area (Å²) in [4.78, 5) is 0.320. The SMILES string of the molecule is Cc1ccccc1S(=O)(=O)N1CCC(O)c2cccc(C)c21. The lowest BCUT2D eigenvalue weighted by molar-refractivity contribution is 0.166. The van der Waals surface area contributed by atoms with Gasteiger partial charge in [0.15, 0.2) is 0 Å². The highest BCUT2D eigenvalue weighted by atomic mass is 32.2. The van der Waals surface area contributed by atoms with Crippen LogP contribution in [-0.2, 0) is 10.0 Å². The molecule has 0 fully saturated rings. The molecule has 0 amide bonds. The van der Waals surface area contributed by atoms with Crippen LogP contribution < -0.4 is 4.31 Å². The smallest absolute Gasteiger partial charge is 0.264 e. The molecule has 1 aliphatic rings. The van der Waals surface area contributed by atoms with Gasteiger partial charge in [0, 0.05) is 12.1 Å². The van der Waals surface area contributed by atoms with Gasteiger partial charge in [0.2, 0.25) is 0 Å². The first-order valence-electron chi connectivity index (χ1n) is 7.29. The van der Waals surface area contributed by atoms with E-state index in [0.29, 0.717) is 22.6 Å². The lowest BCUT2D eigenvalue weighted by Gasteiger charge is -2.34. The molecule has 0 saturated carbocycles. The van der Waals surface area contributed by atoms with Crippen LogP contribution in [0, 0.1) is 13.8 Å². The van der Waals surface area contributed by atoms with Gasteiger partial charge in [0.05, 0.1) is 16.7 Å². The third-order valence-corrected chi connectivity index (χ3v) is 6.10. The lowest BCUT2D eigenvalue weighted by atomic mass is 9.98. The Morgan fingerprint density at radius 2 is 1.73 bits per heavy atom. The molecule has 5 heteroatoms. The van der Waals surface area contributed by atoms with Crippen molar-refractivity contribution in [3.05, 3.63) is 59.2 Å². The molecule has 0 bridgehead atoms. The van der Waals surface area contributed by atoms with Gasteiger partial charge in [-0.3, -0.25) is 4.31 Å². The Kier molecular flexibility index (Phi) is 3.70. The second kappa shape index (κ2) is 5.41. The summed E-state index contributed by atoms with van der Waals surface area (Å²) in [5.41, 5.74) is 2.88. The Morgan fingerprint density at radius 3 is 2.45 bits per heavy atom. The van der Waals surface area contributed by atoms with E-state index in [0.717, 1.165) is 11.1 Å². The summed E-state index contributed by atoms with van der Waals surface area (Å²) in [6.07, 6.45) is -0.208. The zero-order valence-electron chi connectivity index (χ0n) is 12.7. The minimum atomic E-state index is -3.63. The predicted molar refractivity (Wildman–Crippen MR) is 86.5 cm³/mol. The molecule has 4 nitrogen and oxygen atoms in total. The number of aryl methyl sites for hydroxylation is 2. The number of benzene rings is 2. The molecule has 0 saturated heterocycles. The predicted octanol–water partition coefficient (Wildman–Crippen LogP) is 2.94. The Bertz CT molecular complexity index is 814. The fraction of sp³-hybridized carbons (Fsp3) is 0.294. The molecule has 0 aliphatic carbocycles. The van der Waals surface area contributed by atoms with E-state index >= 15 is 0 Å². The van der Waals surface area contributed by atoms with Crippen LogP contribution in [0.15, 0.2) is 47.4 Å². The van der Waals surface area contributed by atoms with Crippen LogP contribution in [0.5, 0.6) is 0 Å². The number of hydrogen-bond acceptors (Lipinski definition) is 3. The van der Waals surface area contributed by atoms with Gasteiger partial charge in [0.25, 0.3) is 10.0 Å². The minimum Gasteiger partial charge on any atom is -0.388 e. The number of hydrogen-bond donors (Lipinski definition) is 1. The van der Waals surface area contributed by atoms with Crippen LogP contribution in [0.2, 0.25) is 0 Å². The van der Waals surface area contributed by atoms with Crippen molar-refractivity contribution in [1.82, 2.24) is 0 Å². The highest BCUT2D eigenvalue weighted by Gasteiger charge is 2.34. The monoisotopic (exact) mass is 317 g/mol. The number of rotatable bonds is 2. The fourth-order valence-electron chi connectivity index (χ4n) is 3.00. The minimum absolute atomic E-state index is 0.287. The van der Waals surface area contributed by atoms with Crippen LogP contribution in [0.3, 0.4) is 0 Å². The Labute approximate surface area is 131 Å². The Morgan fingerprint density at radius 1 is 1.05 bits per heavy atom. The number of fused-ring (bicyclic) bond motifs is 1. The maximum atomic E-state index is 13.1. The van der Waals surface area contributed by atoms with Crippen LogP contribution in [0.25, 0.3) is 0 Å². The molecule has 0 radical (unpaired) electrons. The molecule has 1 atom stereocenters. The molecule has 1 N–H and O–H groups in total. The molecule has 1 aliphatic heterocycles. The summed E-state index contributed by atoms with van der Waals surface area (Å²) < 4.78 is 27.6. The maximum Gasteiger partial charge on any atom is 0.264 e. The normalized spacial score (nSPS) is 18.1. The van der Waals surface area contributed by atoms with Gasteiger partial charge in [-0.1, -0.05) is 36.4 Å². The Hall–Kier alpha value is -1.85. The third-order valence-electron chi connectivity index (χ3n) is 4.14. The second-order valence-electron chi connectivity index (χ2n) is 5.66. The summed E-state index contributed by atoms with van der Waals surface area (Å²) in [6.45, 7) is 3.96. The largest absolute Gasteiger partial charge is 0.388 e. The topological polar surface area (TPSA) is 57.6 Å². The average Bonchev–Trinajstić information content (AvgIpc) is 2.48. The van der Waals surface area contributed by atoms with Crippen molar-refractivity contribution in [2.45, 2.75) is 31.3 Å². The summed E-state index contributed by atoms with van der Waals surface area (Å²) in [6, 6.07) is 12.5. The van der Waals surface area contributed by atoms with E-state index in [1.54, 1.807) is 31.2 Å². The zero-order valence-corrected chi connectivity index (χ0v) is 13.5. The zero-order chi connectivity index (χ0) is 15.9. The molecule has 0 spiro atoms. The summed E-state index contributed by atoms with van der Waals surface area (Å²) in [7, 11) is -3.63. The van der Waals surface area contributed by atoms with E-state index < -0.39 is 16.1 Å². The number of aliphatic hydroxyl groups excluding tert-OH is 1. The van der Waals surface area contributed by atoms with Crippen molar-refractivity contribution in [3.63, 3.8) is 0 Å². The molecule has 3 rings (SSSR count). The summed E-state index contributed by atoms with van der Waals surface area (Å²) in [5, 5.41) is 10.2. The third kappa shape index (κ3) is 2.30. The summed E-state index contributed by atoms with van der Waals surface area (Å²) in [5.74, 6) is 0. The maximum absolute atomic E-state index is 13.1. The van der Waals surface area contributed by atoms with E-state index in [9.17, 15) is 13.5 Å². The molecular formula is C17H19NO3S. The van der Waals surface area contributed by atoms with Gasteiger partial charge >= 0.3 is 0 Å². The molecule has 0 aromatic heterocycles. The van der Waals surface area contributed by atoms with Crippen molar-refractivity contribution >= 4 is 15.7 Å². The molecule has 1 heterocycles. The molecule has 116 valence electrons. The molecule has 2 aromatic rings. The number of anilines is 1. The average molecular weight is 317 g/mol. The van der Waals surface area contributed by atoms with E-state index in [2.05, 4.69) is 0 Å². The quantitative estimate of drug-likeness (QED) is 0.926. The van der Waals surface area contributed by atoms with Gasteiger partial charge in [-0.2, -0.15) is 0 Å². The van der Waals surface area contributed by atoms with Gasteiger partial charge < -0.3 is 5.11 Å².